The molecule has 3 rings (SSSR count). The number of hydrogen-bond donors (Lipinski definition) is 1. The van der Waals surface area contributed by atoms with Gasteiger partial charge in [-0.3, -0.25) is 15.0 Å². The molecule has 2 amide bonds. The number of carbonyl (C=O) groups is 2. The first-order valence-corrected chi connectivity index (χ1v) is 7.49. The Labute approximate surface area is 130 Å². The Kier molecular flexibility index (Phi) is 3.53. The molecule has 2 heterocycles. The van der Waals surface area contributed by atoms with E-state index in [1.165, 1.54) is 16.3 Å². The Hall–Kier alpha value is -2.11. The maximum Gasteiger partial charge on any atom is 0.282 e. The second kappa shape index (κ2) is 5.35. The minimum absolute atomic E-state index is 0.120. The third kappa shape index (κ3) is 2.57. The van der Waals surface area contributed by atoms with E-state index in [9.17, 15) is 9.59 Å². The van der Waals surface area contributed by atoms with Crippen LogP contribution in [0, 0.1) is 6.92 Å². The molecule has 0 aliphatic carbocycles. The van der Waals surface area contributed by atoms with Crippen LogP contribution in [0.3, 0.4) is 0 Å². The van der Waals surface area contributed by atoms with Crippen molar-refractivity contribution in [3.8, 4) is 0 Å². The highest BCUT2D eigenvalue weighted by molar-refractivity contribution is 7.10. The van der Waals surface area contributed by atoms with Crippen molar-refractivity contribution in [2.75, 3.05) is 5.01 Å². The van der Waals surface area contributed by atoms with Gasteiger partial charge in [0, 0.05) is 9.90 Å². The highest BCUT2D eigenvalue weighted by Gasteiger charge is 2.34. The van der Waals surface area contributed by atoms with Gasteiger partial charge in [0.2, 0.25) is 0 Å². The van der Waals surface area contributed by atoms with Crippen molar-refractivity contribution >= 4 is 46.5 Å². The van der Waals surface area contributed by atoms with Crippen LogP contribution in [0.15, 0.2) is 41.3 Å². The van der Waals surface area contributed by atoms with Crippen LogP contribution >= 0.6 is 22.9 Å². The SMILES string of the molecule is Cc1ccc(N2NC(=O)/C(=C\c3cccs3)C2=O)cc1Cl. The number of benzene rings is 1. The molecule has 1 N–H and O–H groups in total. The molecule has 0 spiro atoms. The Bertz CT molecular complexity index is 753. The van der Waals surface area contributed by atoms with Crippen molar-refractivity contribution in [2.24, 2.45) is 0 Å². The number of aryl methyl sites for hydroxylation is 1. The standard InChI is InChI=1S/C15H11ClN2O2S/c1-9-4-5-10(7-13(9)16)18-15(20)12(14(19)17-18)8-11-3-2-6-21-11/h2-8H,1H3,(H,17,19)/b12-8+. The fraction of sp³-hybridized carbons (Fsp3) is 0.0667. The predicted molar refractivity (Wildman–Crippen MR) is 84.1 cm³/mol. The molecule has 1 aromatic heterocycles. The van der Waals surface area contributed by atoms with E-state index in [1.54, 1.807) is 24.3 Å². The minimum atomic E-state index is -0.412. The number of hydrogen-bond acceptors (Lipinski definition) is 3. The first kappa shape index (κ1) is 13.9. The van der Waals surface area contributed by atoms with Gasteiger partial charge in [0.1, 0.15) is 5.57 Å². The van der Waals surface area contributed by atoms with E-state index in [-0.39, 0.29) is 11.5 Å². The molecule has 4 nitrogen and oxygen atoms in total. The predicted octanol–water partition coefficient (Wildman–Crippen LogP) is 3.17. The number of carbonyl (C=O) groups excluding carboxylic acids is 2. The zero-order valence-corrected chi connectivity index (χ0v) is 12.7. The van der Waals surface area contributed by atoms with Crippen LogP contribution in [-0.4, -0.2) is 11.8 Å². The lowest BCUT2D eigenvalue weighted by Gasteiger charge is -2.15. The van der Waals surface area contributed by atoms with Gasteiger partial charge >= 0.3 is 0 Å². The maximum atomic E-state index is 12.4. The van der Waals surface area contributed by atoms with E-state index < -0.39 is 5.91 Å². The lowest BCUT2D eigenvalue weighted by Crippen LogP contribution is -2.35. The molecule has 0 unspecified atom stereocenters. The maximum absolute atomic E-state index is 12.4. The minimum Gasteiger partial charge on any atom is -0.267 e. The van der Waals surface area contributed by atoms with Crippen LogP contribution in [0.25, 0.3) is 6.08 Å². The number of amides is 2. The molecule has 21 heavy (non-hydrogen) atoms. The molecule has 0 atom stereocenters. The quantitative estimate of drug-likeness (QED) is 0.683. The molecule has 6 heteroatoms. The molecule has 1 saturated heterocycles. The first-order chi connectivity index (χ1) is 10.1. The summed E-state index contributed by atoms with van der Waals surface area (Å²) >= 11 is 7.53. The summed E-state index contributed by atoms with van der Waals surface area (Å²) in [6.07, 6.45) is 1.60. The summed E-state index contributed by atoms with van der Waals surface area (Å²) in [5.41, 5.74) is 4.12. The lowest BCUT2D eigenvalue weighted by molar-refractivity contribution is -0.117. The van der Waals surface area contributed by atoms with Gasteiger partial charge in [-0.15, -0.1) is 11.3 Å². The summed E-state index contributed by atoms with van der Waals surface area (Å²) in [4.78, 5) is 25.2. The highest BCUT2D eigenvalue weighted by Crippen LogP contribution is 2.26. The van der Waals surface area contributed by atoms with E-state index in [2.05, 4.69) is 5.43 Å². The van der Waals surface area contributed by atoms with E-state index in [0.717, 1.165) is 10.4 Å². The van der Waals surface area contributed by atoms with Crippen LogP contribution < -0.4 is 10.4 Å². The fourth-order valence-electron chi connectivity index (χ4n) is 1.98. The van der Waals surface area contributed by atoms with Gasteiger partial charge in [-0.05, 0) is 42.1 Å². The molecule has 2 aromatic rings. The van der Waals surface area contributed by atoms with Crippen molar-refractivity contribution in [1.82, 2.24) is 5.43 Å². The summed E-state index contributed by atoms with van der Waals surface area (Å²) < 4.78 is 0. The fourth-order valence-corrected chi connectivity index (χ4v) is 2.81. The highest BCUT2D eigenvalue weighted by atomic mass is 35.5. The van der Waals surface area contributed by atoms with Crippen LogP contribution in [0.2, 0.25) is 5.02 Å². The van der Waals surface area contributed by atoms with Crippen molar-refractivity contribution in [2.45, 2.75) is 6.92 Å². The number of hydrazine groups is 1. The normalized spacial score (nSPS) is 16.7. The molecule has 0 radical (unpaired) electrons. The second-order valence-electron chi connectivity index (χ2n) is 4.59. The first-order valence-electron chi connectivity index (χ1n) is 6.23. The summed E-state index contributed by atoms with van der Waals surface area (Å²) in [6.45, 7) is 1.87. The van der Waals surface area contributed by atoms with Crippen molar-refractivity contribution in [1.29, 1.82) is 0 Å². The van der Waals surface area contributed by atoms with Gasteiger partial charge < -0.3 is 0 Å². The van der Waals surface area contributed by atoms with Gasteiger partial charge in [-0.25, -0.2) is 5.01 Å². The number of anilines is 1. The third-order valence-corrected chi connectivity index (χ3v) is 4.36. The number of halogens is 1. The van der Waals surface area contributed by atoms with Gasteiger partial charge in [-0.1, -0.05) is 23.7 Å². The average molecular weight is 319 g/mol. The zero-order valence-electron chi connectivity index (χ0n) is 11.1. The lowest BCUT2D eigenvalue weighted by atomic mass is 10.2. The van der Waals surface area contributed by atoms with Gasteiger partial charge in [-0.2, -0.15) is 0 Å². The van der Waals surface area contributed by atoms with Crippen molar-refractivity contribution in [3.63, 3.8) is 0 Å². The molecule has 0 saturated carbocycles. The van der Waals surface area contributed by atoms with Gasteiger partial charge in [0.15, 0.2) is 0 Å². The summed E-state index contributed by atoms with van der Waals surface area (Å²) in [5, 5.41) is 3.65. The van der Waals surface area contributed by atoms with Gasteiger partial charge in [0.05, 0.1) is 5.69 Å². The Balaban J connectivity index is 1.95. The Morgan fingerprint density at radius 1 is 1.29 bits per heavy atom. The van der Waals surface area contributed by atoms with Crippen LogP contribution in [0.1, 0.15) is 10.4 Å². The van der Waals surface area contributed by atoms with Gasteiger partial charge in [0.25, 0.3) is 11.8 Å². The molecule has 1 aliphatic rings. The monoisotopic (exact) mass is 318 g/mol. The van der Waals surface area contributed by atoms with E-state index in [1.807, 2.05) is 24.4 Å². The molecule has 1 aliphatic heterocycles. The van der Waals surface area contributed by atoms with Crippen molar-refractivity contribution < 1.29 is 9.59 Å². The molecule has 1 fully saturated rings. The van der Waals surface area contributed by atoms with E-state index >= 15 is 0 Å². The molecular weight excluding hydrogens is 308 g/mol. The van der Waals surface area contributed by atoms with E-state index in [4.69, 9.17) is 11.6 Å². The van der Waals surface area contributed by atoms with Crippen LogP contribution in [0.4, 0.5) is 5.69 Å². The van der Waals surface area contributed by atoms with Crippen LogP contribution in [-0.2, 0) is 9.59 Å². The largest absolute Gasteiger partial charge is 0.282 e. The Morgan fingerprint density at radius 3 is 2.76 bits per heavy atom. The van der Waals surface area contributed by atoms with E-state index in [0.29, 0.717) is 10.7 Å². The third-order valence-electron chi connectivity index (χ3n) is 3.13. The smallest absolute Gasteiger partial charge is 0.267 e. The number of nitrogens with one attached hydrogen (secondary N) is 1. The number of rotatable bonds is 2. The Morgan fingerprint density at radius 2 is 2.10 bits per heavy atom. The molecule has 1 aromatic carbocycles. The number of nitrogens with zero attached hydrogens (tertiary/aromatic N) is 1. The summed E-state index contributed by atoms with van der Waals surface area (Å²) in [7, 11) is 0. The molecular formula is C15H11ClN2O2S. The topological polar surface area (TPSA) is 49.4 Å². The molecule has 106 valence electrons. The molecule has 0 bridgehead atoms. The summed E-state index contributed by atoms with van der Waals surface area (Å²) in [5.74, 6) is -0.793. The van der Waals surface area contributed by atoms with Crippen LogP contribution in [0.5, 0.6) is 0 Å². The zero-order chi connectivity index (χ0) is 15.0. The second-order valence-corrected chi connectivity index (χ2v) is 5.97. The van der Waals surface area contributed by atoms with Crippen molar-refractivity contribution in [3.05, 3.63) is 56.7 Å². The number of thiophene rings is 1. The average Bonchev–Trinajstić information content (AvgIpc) is 3.06. The summed E-state index contributed by atoms with van der Waals surface area (Å²) in [6, 6.07) is 8.92.